The van der Waals surface area contributed by atoms with Gasteiger partial charge in [0, 0.05) is 22.4 Å². The fraction of sp³-hybridized carbons (Fsp3) is 0.176. The van der Waals surface area contributed by atoms with E-state index in [2.05, 4.69) is 15.3 Å². The van der Waals surface area contributed by atoms with Gasteiger partial charge in [0.2, 0.25) is 11.8 Å². The van der Waals surface area contributed by atoms with E-state index in [0.29, 0.717) is 11.3 Å². The molecule has 126 valence electrons. The number of nitrogens with two attached hydrogens (primary N) is 2. The number of H-pyrrole nitrogens is 1. The van der Waals surface area contributed by atoms with E-state index in [4.69, 9.17) is 11.5 Å². The van der Waals surface area contributed by atoms with Crippen LogP contribution in [0.4, 0.5) is 0 Å². The number of amides is 2. The number of nitrogens with zero attached hydrogens (tertiary/aromatic N) is 3. The Balaban J connectivity index is 1.89. The van der Waals surface area contributed by atoms with E-state index < -0.39 is 11.8 Å². The second kappa shape index (κ2) is 5.59. The number of rotatable bonds is 4. The topological polar surface area (TPSA) is 133 Å². The molecule has 0 spiro atoms. The molecule has 0 atom stereocenters. The number of aryl methyl sites for hydroxylation is 1. The molecular formula is C17H16N6O2. The number of carbonyl (C=O) groups is 2. The minimum Gasteiger partial charge on any atom is -0.369 e. The van der Waals surface area contributed by atoms with Crippen LogP contribution in [-0.2, 0) is 24.1 Å². The fourth-order valence-corrected chi connectivity index (χ4v) is 3.25. The molecule has 25 heavy (non-hydrogen) atoms. The van der Waals surface area contributed by atoms with Crippen LogP contribution in [0, 0.1) is 0 Å². The number of benzene rings is 1. The van der Waals surface area contributed by atoms with Gasteiger partial charge < -0.3 is 11.5 Å². The molecule has 8 nitrogen and oxygen atoms in total. The molecule has 8 heteroatoms. The maximum Gasteiger partial charge on any atom is 0.248 e. The smallest absolute Gasteiger partial charge is 0.248 e. The zero-order chi connectivity index (χ0) is 17.6. The van der Waals surface area contributed by atoms with Crippen molar-refractivity contribution >= 4 is 11.8 Å². The van der Waals surface area contributed by atoms with Crippen LogP contribution in [0.5, 0.6) is 0 Å². The summed E-state index contributed by atoms with van der Waals surface area (Å²) in [6.07, 6.45) is 3.41. The Morgan fingerprint density at radius 3 is 2.60 bits per heavy atom. The van der Waals surface area contributed by atoms with Crippen LogP contribution in [0.25, 0.3) is 16.9 Å². The highest BCUT2D eigenvalue weighted by molar-refractivity contribution is 5.93. The summed E-state index contributed by atoms with van der Waals surface area (Å²) in [6, 6.07) is 6.85. The molecule has 2 amide bonds. The molecule has 1 aromatic carbocycles. The maximum absolute atomic E-state index is 11.4. The highest BCUT2D eigenvalue weighted by atomic mass is 16.1. The summed E-state index contributed by atoms with van der Waals surface area (Å²) in [5, 5.41) is 11.7. The first-order valence-corrected chi connectivity index (χ1v) is 7.86. The van der Waals surface area contributed by atoms with Crippen LogP contribution in [0.1, 0.15) is 27.3 Å². The van der Waals surface area contributed by atoms with Crippen molar-refractivity contribution in [1.29, 1.82) is 0 Å². The van der Waals surface area contributed by atoms with Gasteiger partial charge in [-0.15, -0.1) is 0 Å². The minimum atomic E-state index is -0.486. The summed E-state index contributed by atoms with van der Waals surface area (Å²) >= 11 is 0. The number of nitrogens with one attached hydrogen (secondary N) is 1. The van der Waals surface area contributed by atoms with E-state index >= 15 is 0 Å². The molecule has 0 saturated carbocycles. The molecule has 0 unspecified atom stereocenters. The predicted molar refractivity (Wildman–Crippen MR) is 90.0 cm³/mol. The third-order valence-corrected chi connectivity index (χ3v) is 4.40. The van der Waals surface area contributed by atoms with Gasteiger partial charge in [0.1, 0.15) is 0 Å². The first-order chi connectivity index (χ1) is 12.0. The lowest BCUT2D eigenvalue weighted by molar-refractivity contribution is -0.117. The Morgan fingerprint density at radius 2 is 1.92 bits per heavy atom. The summed E-state index contributed by atoms with van der Waals surface area (Å²) in [5.41, 5.74) is 16.4. The summed E-state index contributed by atoms with van der Waals surface area (Å²) in [4.78, 5) is 22.7. The van der Waals surface area contributed by atoms with E-state index in [1.54, 1.807) is 35.1 Å². The lowest BCUT2D eigenvalue weighted by Gasteiger charge is -2.14. The molecule has 1 aliphatic carbocycles. The molecule has 0 fully saturated rings. The summed E-state index contributed by atoms with van der Waals surface area (Å²) in [7, 11) is 0. The zero-order valence-corrected chi connectivity index (χ0v) is 13.3. The SMILES string of the molecule is NC(=O)Cc1nn(-c2ccc(C(N)=O)cc2)c2c1CCc1[nH]ncc1-2. The number of hydrogen-bond donors (Lipinski definition) is 3. The van der Waals surface area contributed by atoms with E-state index in [-0.39, 0.29) is 6.42 Å². The van der Waals surface area contributed by atoms with Crippen LogP contribution >= 0.6 is 0 Å². The van der Waals surface area contributed by atoms with Crippen molar-refractivity contribution in [1.82, 2.24) is 20.0 Å². The third-order valence-electron chi connectivity index (χ3n) is 4.40. The minimum absolute atomic E-state index is 0.0852. The highest BCUT2D eigenvalue weighted by Crippen LogP contribution is 2.36. The normalized spacial score (nSPS) is 12.5. The predicted octanol–water partition coefficient (Wildman–Crippen LogP) is 0.488. The average molecular weight is 336 g/mol. The van der Waals surface area contributed by atoms with Crippen molar-refractivity contribution in [3.63, 3.8) is 0 Å². The van der Waals surface area contributed by atoms with Crippen LogP contribution < -0.4 is 11.5 Å². The number of carbonyl (C=O) groups excluding carboxylic acids is 2. The summed E-state index contributed by atoms with van der Waals surface area (Å²) < 4.78 is 1.77. The van der Waals surface area contributed by atoms with Crippen molar-refractivity contribution in [3.8, 4) is 16.9 Å². The van der Waals surface area contributed by atoms with E-state index in [1.165, 1.54) is 0 Å². The molecule has 5 N–H and O–H groups in total. The Hall–Kier alpha value is -3.42. The second-order valence-electron chi connectivity index (χ2n) is 6.00. The Bertz CT molecular complexity index is 983. The van der Waals surface area contributed by atoms with Gasteiger partial charge in [-0.05, 0) is 37.1 Å². The Labute approximate surface area is 142 Å². The van der Waals surface area contributed by atoms with Crippen molar-refractivity contribution < 1.29 is 9.59 Å². The first kappa shape index (κ1) is 15.1. The van der Waals surface area contributed by atoms with Crippen molar-refractivity contribution in [2.45, 2.75) is 19.3 Å². The number of primary amides is 2. The van der Waals surface area contributed by atoms with Crippen molar-refractivity contribution in [2.24, 2.45) is 11.5 Å². The highest BCUT2D eigenvalue weighted by Gasteiger charge is 2.27. The Morgan fingerprint density at radius 1 is 1.16 bits per heavy atom. The number of aromatic amines is 1. The van der Waals surface area contributed by atoms with Gasteiger partial charge in [-0.3, -0.25) is 14.7 Å². The van der Waals surface area contributed by atoms with E-state index in [1.807, 2.05) is 0 Å². The fourth-order valence-electron chi connectivity index (χ4n) is 3.25. The van der Waals surface area contributed by atoms with Crippen LogP contribution in [0.15, 0.2) is 30.5 Å². The molecular weight excluding hydrogens is 320 g/mol. The van der Waals surface area contributed by atoms with Crippen LogP contribution in [0.2, 0.25) is 0 Å². The molecule has 0 aliphatic heterocycles. The van der Waals surface area contributed by atoms with Gasteiger partial charge in [-0.2, -0.15) is 10.2 Å². The number of fused-ring (bicyclic) bond motifs is 3. The van der Waals surface area contributed by atoms with E-state index in [9.17, 15) is 9.59 Å². The molecule has 0 saturated heterocycles. The molecule has 4 rings (SSSR count). The third kappa shape index (κ3) is 2.47. The van der Waals surface area contributed by atoms with E-state index in [0.717, 1.165) is 41.0 Å². The summed E-state index contributed by atoms with van der Waals surface area (Å²) in [6.45, 7) is 0. The van der Waals surface area contributed by atoms with Crippen molar-refractivity contribution in [2.75, 3.05) is 0 Å². The largest absolute Gasteiger partial charge is 0.369 e. The molecule has 2 aromatic heterocycles. The van der Waals surface area contributed by atoms with Crippen LogP contribution in [0.3, 0.4) is 0 Å². The van der Waals surface area contributed by atoms with Gasteiger partial charge in [-0.25, -0.2) is 4.68 Å². The quantitative estimate of drug-likeness (QED) is 0.639. The molecule has 3 aromatic rings. The van der Waals surface area contributed by atoms with Gasteiger partial charge in [0.05, 0.1) is 29.7 Å². The van der Waals surface area contributed by atoms with Crippen molar-refractivity contribution in [3.05, 3.63) is 53.0 Å². The molecule has 2 heterocycles. The number of aromatic nitrogens is 4. The van der Waals surface area contributed by atoms with Gasteiger partial charge in [0.15, 0.2) is 0 Å². The zero-order valence-electron chi connectivity index (χ0n) is 13.3. The molecule has 1 aliphatic rings. The van der Waals surface area contributed by atoms with Gasteiger partial charge in [-0.1, -0.05) is 0 Å². The van der Waals surface area contributed by atoms with Gasteiger partial charge in [0.25, 0.3) is 0 Å². The standard InChI is InChI=1S/C17H16N6O2/c18-15(24)7-14-11-5-6-13-12(8-20-21-13)16(11)23(22-14)10-3-1-9(2-4-10)17(19)25/h1-4,8H,5-7H2,(H2,18,24)(H2,19,25)(H,20,21). The monoisotopic (exact) mass is 336 g/mol. The maximum atomic E-state index is 11.4. The van der Waals surface area contributed by atoms with Gasteiger partial charge >= 0.3 is 0 Å². The average Bonchev–Trinajstić information content (AvgIpc) is 3.19. The van der Waals surface area contributed by atoms with Crippen LogP contribution in [-0.4, -0.2) is 31.8 Å². The number of hydrogen-bond acceptors (Lipinski definition) is 4. The summed E-state index contributed by atoms with van der Waals surface area (Å²) in [5.74, 6) is -0.907. The molecule has 0 bridgehead atoms. The molecule has 0 radical (unpaired) electrons. The lowest BCUT2D eigenvalue weighted by atomic mass is 9.93. The second-order valence-corrected chi connectivity index (χ2v) is 6.00. The lowest BCUT2D eigenvalue weighted by Crippen LogP contribution is -2.15. The Kier molecular flexibility index (Phi) is 3.38. The first-order valence-electron chi connectivity index (χ1n) is 7.86.